The lowest BCUT2D eigenvalue weighted by atomic mass is 10.0. The molecule has 8 heteroatoms. The summed E-state index contributed by atoms with van der Waals surface area (Å²) in [5, 5.41) is 0. The van der Waals surface area contributed by atoms with Crippen LogP contribution in [0.25, 0.3) is 0 Å². The molecule has 3 N–H and O–H groups in total. The van der Waals surface area contributed by atoms with Gasteiger partial charge in [0.25, 0.3) is 5.91 Å². The van der Waals surface area contributed by atoms with E-state index in [-0.39, 0.29) is 29.3 Å². The third-order valence-electron chi connectivity index (χ3n) is 3.85. The number of carbonyl (C=O) groups excluding carboxylic acids is 1. The van der Waals surface area contributed by atoms with Gasteiger partial charge in [-0.1, -0.05) is 13.8 Å². The van der Waals surface area contributed by atoms with Crippen LogP contribution in [0.1, 0.15) is 51.4 Å². The molecule has 0 aromatic heterocycles. The number of hydrogen-bond donors (Lipinski definition) is 2. The largest absolute Gasteiger partial charge is 0.342 e. The molecule has 0 aliphatic rings. The van der Waals surface area contributed by atoms with Crippen LogP contribution >= 0.6 is 12.4 Å². The Kier molecular flexibility index (Phi) is 9.26. The van der Waals surface area contributed by atoms with Gasteiger partial charge in [0.15, 0.2) is 0 Å². The van der Waals surface area contributed by atoms with Gasteiger partial charge in [-0.2, -0.15) is 0 Å². The zero-order valence-corrected chi connectivity index (χ0v) is 18.1. The molecule has 1 unspecified atom stereocenters. The summed E-state index contributed by atoms with van der Waals surface area (Å²) in [6.07, 6.45) is 0.724. The Labute approximate surface area is 164 Å². The van der Waals surface area contributed by atoms with E-state index in [0.29, 0.717) is 18.0 Å². The summed E-state index contributed by atoms with van der Waals surface area (Å²) in [6.45, 7) is 10.00. The van der Waals surface area contributed by atoms with Crippen molar-refractivity contribution in [1.82, 2.24) is 9.62 Å². The van der Waals surface area contributed by atoms with Crippen LogP contribution in [0.5, 0.6) is 0 Å². The molecule has 150 valence electrons. The molecule has 1 aromatic carbocycles. The van der Waals surface area contributed by atoms with E-state index in [2.05, 4.69) is 18.6 Å². The average Bonchev–Trinajstić information content (AvgIpc) is 2.49. The van der Waals surface area contributed by atoms with E-state index in [4.69, 9.17) is 5.73 Å². The highest BCUT2D eigenvalue weighted by molar-refractivity contribution is 7.89. The summed E-state index contributed by atoms with van der Waals surface area (Å²) in [4.78, 5) is 14.2. The highest BCUT2D eigenvalue weighted by atomic mass is 35.5. The smallest absolute Gasteiger partial charge is 0.253 e. The fraction of sp³-hybridized carbons (Fsp3) is 0.611. The van der Waals surface area contributed by atoms with E-state index < -0.39 is 15.6 Å². The molecular formula is C18H32ClN3O3S. The Morgan fingerprint density at radius 1 is 1.19 bits per heavy atom. The van der Waals surface area contributed by atoms with E-state index in [0.717, 1.165) is 6.42 Å². The monoisotopic (exact) mass is 405 g/mol. The third-order valence-corrected chi connectivity index (χ3v) is 5.63. The van der Waals surface area contributed by atoms with Crippen LogP contribution in [0.4, 0.5) is 0 Å². The summed E-state index contributed by atoms with van der Waals surface area (Å²) in [6, 6.07) is 6.03. The van der Waals surface area contributed by atoms with E-state index in [9.17, 15) is 13.2 Å². The molecular weight excluding hydrogens is 374 g/mol. The van der Waals surface area contributed by atoms with E-state index in [1.807, 2.05) is 0 Å². The summed E-state index contributed by atoms with van der Waals surface area (Å²) >= 11 is 0. The number of amides is 1. The quantitative estimate of drug-likeness (QED) is 0.729. The highest BCUT2D eigenvalue weighted by Crippen LogP contribution is 2.15. The maximum Gasteiger partial charge on any atom is 0.253 e. The first-order chi connectivity index (χ1) is 11.3. The van der Waals surface area contributed by atoms with Crippen molar-refractivity contribution in [3.8, 4) is 0 Å². The predicted octanol–water partition coefficient (Wildman–Crippen LogP) is 2.63. The fourth-order valence-electron chi connectivity index (χ4n) is 2.24. The molecule has 0 aliphatic carbocycles. The minimum atomic E-state index is -3.60. The van der Waals surface area contributed by atoms with Gasteiger partial charge in [0.2, 0.25) is 10.0 Å². The third kappa shape index (κ3) is 7.61. The number of hydrogen-bond acceptors (Lipinski definition) is 4. The number of benzene rings is 1. The first-order valence-electron chi connectivity index (χ1n) is 8.48. The topological polar surface area (TPSA) is 92.5 Å². The lowest BCUT2D eigenvalue weighted by Crippen LogP contribution is -2.40. The second-order valence-electron chi connectivity index (χ2n) is 7.80. The van der Waals surface area contributed by atoms with Crippen molar-refractivity contribution in [2.75, 3.05) is 13.6 Å². The maximum absolute atomic E-state index is 12.4. The number of nitrogens with zero attached hydrogens (tertiary/aromatic N) is 1. The number of nitrogens with one attached hydrogen (secondary N) is 1. The summed E-state index contributed by atoms with van der Waals surface area (Å²) in [5.74, 6) is 0.215. The minimum absolute atomic E-state index is 0. The molecule has 0 saturated carbocycles. The lowest BCUT2D eigenvalue weighted by Gasteiger charge is -2.22. The van der Waals surface area contributed by atoms with E-state index in [1.54, 1.807) is 44.9 Å². The molecule has 6 nitrogen and oxygen atoms in total. The second-order valence-corrected chi connectivity index (χ2v) is 9.49. The number of carbonyl (C=O) groups is 1. The number of halogens is 1. The van der Waals surface area contributed by atoms with Crippen molar-refractivity contribution in [3.05, 3.63) is 29.8 Å². The summed E-state index contributed by atoms with van der Waals surface area (Å²) in [5.41, 5.74) is 5.90. The van der Waals surface area contributed by atoms with Crippen LogP contribution in [0.3, 0.4) is 0 Å². The van der Waals surface area contributed by atoms with Crippen molar-refractivity contribution >= 4 is 28.3 Å². The van der Waals surface area contributed by atoms with Gasteiger partial charge in [-0.25, -0.2) is 13.1 Å². The van der Waals surface area contributed by atoms with E-state index >= 15 is 0 Å². The minimum Gasteiger partial charge on any atom is -0.342 e. The Hall–Kier alpha value is -1.15. The number of nitrogens with two attached hydrogens (primary N) is 1. The lowest BCUT2D eigenvalue weighted by molar-refractivity contribution is 0.0789. The molecule has 1 aromatic rings. The van der Waals surface area contributed by atoms with Gasteiger partial charge in [-0.3, -0.25) is 4.79 Å². The van der Waals surface area contributed by atoms with Crippen molar-refractivity contribution < 1.29 is 13.2 Å². The van der Waals surface area contributed by atoms with Crippen molar-refractivity contribution in [2.24, 2.45) is 11.7 Å². The van der Waals surface area contributed by atoms with Crippen LogP contribution in [-0.4, -0.2) is 44.4 Å². The Morgan fingerprint density at radius 2 is 1.69 bits per heavy atom. The number of rotatable bonds is 7. The van der Waals surface area contributed by atoms with Gasteiger partial charge < -0.3 is 10.6 Å². The maximum atomic E-state index is 12.4. The molecule has 1 amide bonds. The zero-order valence-electron chi connectivity index (χ0n) is 16.4. The molecule has 0 saturated heterocycles. The Bertz CT molecular complexity index is 683. The number of sulfonamides is 1. The standard InChI is InChI=1S/C18H31N3O3S.ClH/c1-13(2)16(19)11-12-21(6)17(22)14-7-9-15(10-8-14)25(23,24)20-18(3,4)5;/h7-10,13,16,20H,11-12,19H2,1-6H3;1H. The van der Waals surface area contributed by atoms with Gasteiger partial charge in [-0.05, 0) is 57.4 Å². The first-order valence-corrected chi connectivity index (χ1v) is 9.97. The van der Waals surface area contributed by atoms with Gasteiger partial charge in [-0.15, -0.1) is 12.4 Å². The van der Waals surface area contributed by atoms with Crippen LogP contribution in [0, 0.1) is 5.92 Å². The highest BCUT2D eigenvalue weighted by Gasteiger charge is 2.22. The van der Waals surface area contributed by atoms with Gasteiger partial charge in [0.1, 0.15) is 0 Å². The molecule has 0 spiro atoms. The van der Waals surface area contributed by atoms with Crippen molar-refractivity contribution in [1.29, 1.82) is 0 Å². The van der Waals surface area contributed by atoms with Crippen LogP contribution in [-0.2, 0) is 10.0 Å². The second kappa shape index (κ2) is 9.69. The van der Waals surface area contributed by atoms with Gasteiger partial charge in [0, 0.05) is 30.7 Å². The van der Waals surface area contributed by atoms with Crippen molar-refractivity contribution in [3.63, 3.8) is 0 Å². The van der Waals surface area contributed by atoms with Crippen molar-refractivity contribution in [2.45, 2.75) is 57.5 Å². The fourth-order valence-corrected chi connectivity index (χ4v) is 3.66. The van der Waals surface area contributed by atoms with E-state index in [1.165, 1.54) is 12.1 Å². The molecule has 1 atom stereocenters. The summed E-state index contributed by atoms with van der Waals surface area (Å²) in [7, 11) is -1.88. The van der Waals surface area contributed by atoms with Crippen LogP contribution in [0.15, 0.2) is 29.2 Å². The molecule has 0 fully saturated rings. The van der Waals surface area contributed by atoms with Gasteiger partial charge >= 0.3 is 0 Å². The molecule has 0 radical (unpaired) electrons. The Balaban J connectivity index is 0.00000625. The normalized spacial score (nSPS) is 13.2. The molecule has 0 aliphatic heterocycles. The molecule has 0 bridgehead atoms. The SMILES string of the molecule is CC(C)C(N)CCN(C)C(=O)c1ccc(S(=O)(=O)NC(C)(C)C)cc1.Cl. The zero-order chi connectivity index (χ0) is 19.4. The summed E-state index contributed by atoms with van der Waals surface area (Å²) < 4.78 is 27.2. The molecule has 26 heavy (non-hydrogen) atoms. The average molecular weight is 406 g/mol. The molecule has 1 rings (SSSR count). The Morgan fingerprint density at radius 3 is 2.12 bits per heavy atom. The first kappa shape index (κ1) is 24.8. The van der Waals surface area contributed by atoms with Crippen LogP contribution in [0.2, 0.25) is 0 Å². The van der Waals surface area contributed by atoms with Gasteiger partial charge in [0.05, 0.1) is 4.90 Å². The molecule has 0 heterocycles. The predicted molar refractivity (Wildman–Crippen MR) is 108 cm³/mol. The van der Waals surface area contributed by atoms with Crippen LogP contribution < -0.4 is 10.5 Å².